The van der Waals surface area contributed by atoms with Crippen LogP contribution < -0.4 is 9.64 Å². The van der Waals surface area contributed by atoms with Gasteiger partial charge in [-0.25, -0.2) is 0 Å². The minimum absolute atomic E-state index is 0.0575. The fourth-order valence-electron chi connectivity index (χ4n) is 3.23. The minimum atomic E-state index is -0.0575. The van der Waals surface area contributed by atoms with Gasteiger partial charge in [0.25, 0.3) is 0 Å². The van der Waals surface area contributed by atoms with Crippen LogP contribution in [0.15, 0.2) is 48.7 Å². The molecular weight excluding hydrogens is 282 g/mol. The van der Waals surface area contributed by atoms with Crippen molar-refractivity contribution in [2.24, 2.45) is 0 Å². The van der Waals surface area contributed by atoms with Gasteiger partial charge in [-0.15, -0.1) is 0 Å². The van der Waals surface area contributed by atoms with Crippen LogP contribution in [0.25, 0.3) is 0 Å². The smallest absolute Gasteiger partial charge is 0.144 e. The molecule has 2 aromatic carbocycles. The lowest BCUT2D eigenvalue weighted by atomic mass is 9.84. The molecule has 0 spiro atoms. The number of likely N-dealkylation sites (N-methyl/N-ethyl adjacent to an activating group) is 1. The van der Waals surface area contributed by atoms with Gasteiger partial charge in [0.15, 0.2) is 0 Å². The summed E-state index contributed by atoms with van der Waals surface area (Å²) < 4.78 is 6.18. The summed E-state index contributed by atoms with van der Waals surface area (Å²) in [6, 6.07) is 12.9. The third kappa shape index (κ3) is 2.63. The fourth-order valence-corrected chi connectivity index (χ4v) is 3.23. The summed E-state index contributed by atoms with van der Waals surface area (Å²) >= 11 is 0. The molecule has 120 valence electrons. The van der Waals surface area contributed by atoms with Crippen LogP contribution in [0.5, 0.6) is 5.75 Å². The zero-order valence-corrected chi connectivity index (χ0v) is 14.7. The average Bonchev–Trinajstić information content (AvgIpc) is 2.68. The first-order valence-electron chi connectivity index (χ1n) is 8.07. The van der Waals surface area contributed by atoms with E-state index in [0.29, 0.717) is 6.61 Å². The Morgan fingerprint density at radius 1 is 1.04 bits per heavy atom. The van der Waals surface area contributed by atoms with Crippen molar-refractivity contribution in [2.75, 3.05) is 11.9 Å². The van der Waals surface area contributed by atoms with Gasteiger partial charge in [0.05, 0.1) is 5.69 Å². The standard InChI is InChI=1S/C21H25NO/c1-14-7-9-17(10-8-14)13-23-19-12-15(2)11-18-20(19)22(6)16(3)21(18,4)5/h7-12H,3,13H2,1-2,4-6H3. The maximum atomic E-state index is 6.18. The van der Waals surface area contributed by atoms with Crippen molar-refractivity contribution in [1.29, 1.82) is 0 Å². The molecule has 3 rings (SSSR count). The molecule has 0 unspecified atom stereocenters. The maximum absolute atomic E-state index is 6.18. The third-order valence-corrected chi connectivity index (χ3v) is 4.87. The number of nitrogens with zero attached hydrogens (tertiary/aromatic N) is 1. The molecule has 23 heavy (non-hydrogen) atoms. The van der Waals surface area contributed by atoms with Crippen molar-refractivity contribution in [1.82, 2.24) is 0 Å². The molecule has 0 bridgehead atoms. The highest BCUT2D eigenvalue weighted by molar-refractivity contribution is 5.76. The number of ether oxygens (including phenoxy) is 1. The maximum Gasteiger partial charge on any atom is 0.144 e. The van der Waals surface area contributed by atoms with Gasteiger partial charge in [-0.1, -0.05) is 56.3 Å². The van der Waals surface area contributed by atoms with Gasteiger partial charge in [-0.3, -0.25) is 0 Å². The van der Waals surface area contributed by atoms with Gasteiger partial charge >= 0.3 is 0 Å². The summed E-state index contributed by atoms with van der Waals surface area (Å²) in [6.45, 7) is 13.5. The number of anilines is 1. The van der Waals surface area contributed by atoms with Crippen molar-refractivity contribution in [3.05, 3.63) is 70.9 Å². The molecule has 2 aromatic rings. The molecule has 0 fully saturated rings. The minimum Gasteiger partial charge on any atom is -0.487 e. The Balaban J connectivity index is 1.95. The van der Waals surface area contributed by atoms with Crippen LogP contribution in [-0.2, 0) is 12.0 Å². The van der Waals surface area contributed by atoms with E-state index in [1.54, 1.807) is 0 Å². The quantitative estimate of drug-likeness (QED) is 0.780. The Morgan fingerprint density at radius 3 is 2.35 bits per heavy atom. The molecule has 1 aliphatic heterocycles. The van der Waals surface area contributed by atoms with Crippen LogP contribution in [0.2, 0.25) is 0 Å². The summed E-state index contributed by atoms with van der Waals surface area (Å²) in [5, 5.41) is 0. The lowest BCUT2D eigenvalue weighted by Crippen LogP contribution is -2.21. The number of benzene rings is 2. The average molecular weight is 307 g/mol. The zero-order valence-electron chi connectivity index (χ0n) is 14.7. The second kappa shape index (κ2) is 5.45. The first-order valence-corrected chi connectivity index (χ1v) is 8.07. The zero-order chi connectivity index (χ0) is 16.8. The van der Waals surface area contributed by atoms with E-state index in [0.717, 1.165) is 17.1 Å². The van der Waals surface area contributed by atoms with Gasteiger partial charge in [0.1, 0.15) is 12.4 Å². The SMILES string of the molecule is C=C1N(C)c2c(OCc3ccc(C)cc3)cc(C)cc2C1(C)C. The molecule has 2 heteroatoms. The van der Waals surface area contributed by atoms with Crippen LogP contribution in [0.1, 0.15) is 36.1 Å². The summed E-state index contributed by atoms with van der Waals surface area (Å²) in [7, 11) is 2.07. The summed E-state index contributed by atoms with van der Waals surface area (Å²) in [5.74, 6) is 0.940. The number of allylic oxidation sites excluding steroid dienone is 1. The second-order valence-corrected chi connectivity index (χ2v) is 7.06. The third-order valence-electron chi connectivity index (χ3n) is 4.87. The molecule has 0 radical (unpaired) electrons. The van der Waals surface area contributed by atoms with Crippen molar-refractivity contribution in [2.45, 2.75) is 39.7 Å². The fraction of sp³-hybridized carbons (Fsp3) is 0.333. The van der Waals surface area contributed by atoms with E-state index in [4.69, 9.17) is 4.74 Å². The molecule has 0 N–H and O–H groups in total. The Hall–Kier alpha value is -2.22. The second-order valence-electron chi connectivity index (χ2n) is 7.06. The van der Waals surface area contributed by atoms with Crippen LogP contribution >= 0.6 is 0 Å². The predicted octanol–water partition coefficient (Wildman–Crippen LogP) is 5.12. The molecular formula is C21H25NO. The molecule has 0 aliphatic carbocycles. The molecule has 0 saturated carbocycles. The first-order chi connectivity index (χ1) is 10.8. The highest BCUT2D eigenvalue weighted by Crippen LogP contribution is 2.50. The van der Waals surface area contributed by atoms with Gasteiger partial charge in [-0.2, -0.15) is 0 Å². The highest BCUT2D eigenvalue weighted by Gasteiger charge is 2.39. The van der Waals surface area contributed by atoms with Gasteiger partial charge < -0.3 is 9.64 Å². The van der Waals surface area contributed by atoms with Gasteiger partial charge in [-0.05, 0) is 36.6 Å². The number of aryl methyl sites for hydroxylation is 2. The van der Waals surface area contributed by atoms with Crippen molar-refractivity contribution < 1.29 is 4.74 Å². The number of fused-ring (bicyclic) bond motifs is 1. The largest absolute Gasteiger partial charge is 0.487 e. The van der Waals surface area contributed by atoms with Crippen LogP contribution in [0.3, 0.4) is 0 Å². The molecule has 0 aromatic heterocycles. The lowest BCUT2D eigenvalue weighted by molar-refractivity contribution is 0.307. The Labute approximate surface area is 139 Å². The number of hydrogen-bond acceptors (Lipinski definition) is 2. The topological polar surface area (TPSA) is 12.5 Å². The van der Waals surface area contributed by atoms with Gasteiger partial charge in [0.2, 0.25) is 0 Å². The number of rotatable bonds is 3. The van der Waals surface area contributed by atoms with Crippen LogP contribution in [0, 0.1) is 13.8 Å². The molecule has 2 nitrogen and oxygen atoms in total. The van der Waals surface area contributed by atoms with E-state index in [1.807, 2.05) is 0 Å². The summed E-state index contributed by atoms with van der Waals surface area (Å²) in [5.41, 5.74) is 7.17. The normalized spacial score (nSPS) is 15.7. The van der Waals surface area contributed by atoms with E-state index >= 15 is 0 Å². The summed E-state index contributed by atoms with van der Waals surface area (Å²) in [4.78, 5) is 2.17. The molecule has 0 amide bonds. The summed E-state index contributed by atoms with van der Waals surface area (Å²) in [6.07, 6.45) is 0. The molecule has 1 heterocycles. The first kappa shape index (κ1) is 15.7. The lowest BCUT2D eigenvalue weighted by Gasteiger charge is -2.22. The van der Waals surface area contributed by atoms with Crippen molar-refractivity contribution >= 4 is 5.69 Å². The van der Waals surface area contributed by atoms with E-state index in [1.165, 1.54) is 22.3 Å². The van der Waals surface area contributed by atoms with Crippen molar-refractivity contribution in [3.63, 3.8) is 0 Å². The molecule has 0 saturated heterocycles. The van der Waals surface area contributed by atoms with Crippen LogP contribution in [-0.4, -0.2) is 7.05 Å². The monoisotopic (exact) mass is 307 g/mol. The predicted molar refractivity (Wildman–Crippen MR) is 97.3 cm³/mol. The van der Waals surface area contributed by atoms with E-state index in [2.05, 4.69) is 82.6 Å². The van der Waals surface area contributed by atoms with Gasteiger partial charge in [0, 0.05) is 18.2 Å². The Bertz CT molecular complexity index is 756. The molecule has 1 aliphatic rings. The van der Waals surface area contributed by atoms with Crippen LogP contribution in [0.4, 0.5) is 5.69 Å². The van der Waals surface area contributed by atoms with E-state index in [9.17, 15) is 0 Å². The Morgan fingerprint density at radius 2 is 1.70 bits per heavy atom. The Kier molecular flexibility index (Phi) is 3.71. The number of hydrogen-bond donors (Lipinski definition) is 0. The van der Waals surface area contributed by atoms with Crippen molar-refractivity contribution in [3.8, 4) is 5.75 Å². The molecule has 0 atom stereocenters. The highest BCUT2D eigenvalue weighted by atomic mass is 16.5. The van der Waals surface area contributed by atoms with E-state index < -0.39 is 0 Å². The van der Waals surface area contributed by atoms with E-state index in [-0.39, 0.29) is 5.41 Å².